The molecular formula is C20H20N2O4S. The molecule has 1 unspecified atom stereocenters. The second-order valence-electron chi connectivity index (χ2n) is 6.81. The Morgan fingerprint density at radius 3 is 2.63 bits per heavy atom. The first kappa shape index (κ1) is 17.8. The second-order valence-corrected chi connectivity index (χ2v) is 8.52. The lowest BCUT2D eigenvalue weighted by molar-refractivity contribution is 0.0935. The lowest BCUT2D eigenvalue weighted by atomic mass is 10.1. The van der Waals surface area contributed by atoms with Crippen molar-refractivity contribution < 1.29 is 17.6 Å². The van der Waals surface area contributed by atoms with Crippen molar-refractivity contribution in [1.29, 1.82) is 0 Å². The monoisotopic (exact) mass is 384 g/mol. The van der Waals surface area contributed by atoms with Crippen LogP contribution >= 0.6 is 0 Å². The van der Waals surface area contributed by atoms with Crippen LogP contribution in [0, 0.1) is 0 Å². The van der Waals surface area contributed by atoms with E-state index in [-0.39, 0.29) is 28.4 Å². The summed E-state index contributed by atoms with van der Waals surface area (Å²) in [6, 6.07) is 15.2. The molecule has 1 aromatic heterocycles. The third kappa shape index (κ3) is 3.89. The van der Waals surface area contributed by atoms with E-state index < -0.39 is 10.0 Å². The predicted octanol–water partition coefficient (Wildman–Crippen LogP) is 3.36. The van der Waals surface area contributed by atoms with Gasteiger partial charge < -0.3 is 9.73 Å². The Morgan fingerprint density at radius 2 is 1.89 bits per heavy atom. The number of furan rings is 1. The second kappa shape index (κ2) is 6.83. The molecule has 0 spiro atoms. The molecule has 2 aromatic carbocycles. The Balaban J connectivity index is 1.51. The maximum atomic E-state index is 12.6. The van der Waals surface area contributed by atoms with E-state index in [1.54, 1.807) is 12.1 Å². The van der Waals surface area contributed by atoms with Crippen LogP contribution in [0.3, 0.4) is 0 Å². The van der Waals surface area contributed by atoms with Crippen LogP contribution in [0.25, 0.3) is 11.0 Å². The summed E-state index contributed by atoms with van der Waals surface area (Å²) in [7, 11) is -3.60. The van der Waals surface area contributed by atoms with Gasteiger partial charge in [-0.3, -0.25) is 4.79 Å². The van der Waals surface area contributed by atoms with E-state index in [1.165, 1.54) is 12.1 Å². The fourth-order valence-electron chi connectivity index (χ4n) is 2.86. The lowest BCUT2D eigenvalue weighted by Gasteiger charge is -2.12. The van der Waals surface area contributed by atoms with Crippen LogP contribution in [-0.4, -0.2) is 20.4 Å². The summed E-state index contributed by atoms with van der Waals surface area (Å²) in [4.78, 5) is 12.7. The van der Waals surface area contributed by atoms with Crippen LogP contribution < -0.4 is 10.0 Å². The van der Waals surface area contributed by atoms with Crippen molar-refractivity contribution >= 4 is 26.9 Å². The molecule has 1 saturated carbocycles. The molecule has 6 nitrogen and oxygen atoms in total. The molecule has 0 bridgehead atoms. The van der Waals surface area contributed by atoms with Crippen molar-refractivity contribution in [3.8, 4) is 0 Å². The number of fused-ring (bicyclic) bond motifs is 1. The first-order valence-electron chi connectivity index (χ1n) is 8.84. The van der Waals surface area contributed by atoms with E-state index in [4.69, 9.17) is 4.42 Å². The number of para-hydroxylation sites is 1. The number of hydrogen-bond donors (Lipinski definition) is 2. The van der Waals surface area contributed by atoms with Crippen LogP contribution in [0.4, 0.5) is 0 Å². The highest BCUT2D eigenvalue weighted by atomic mass is 32.2. The molecule has 1 amide bonds. The van der Waals surface area contributed by atoms with E-state index >= 15 is 0 Å². The first-order valence-corrected chi connectivity index (χ1v) is 10.3. The summed E-state index contributed by atoms with van der Waals surface area (Å²) in [6.45, 7) is 1.82. The smallest absolute Gasteiger partial charge is 0.251 e. The highest BCUT2D eigenvalue weighted by Gasteiger charge is 2.28. The molecule has 0 aliphatic heterocycles. The van der Waals surface area contributed by atoms with E-state index in [9.17, 15) is 13.2 Å². The summed E-state index contributed by atoms with van der Waals surface area (Å²) in [5.41, 5.74) is 1.05. The molecule has 1 heterocycles. The van der Waals surface area contributed by atoms with Gasteiger partial charge >= 0.3 is 0 Å². The SMILES string of the molecule is CC(NC(=O)c1cccc(S(=O)(=O)NC2CC2)c1)c1cc2ccccc2o1. The zero-order valence-electron chi connectivity index (χ0n) is 14.8. The van der Waals surface area contributed by atoms with Crippen LogP contribution in [0.15, 0.2) is 63.9 Å². The first-order chi connectivity index (χ1) is 12.9. The Bertz CT molecular complexity index is 1070. The average Bonchev–Trinajstić information content (AvgIpc) is 3.34. The van der Waals surface area contributed by atoms with Gasteiger partial charge in [0.1, 0.15) is 11.3 Å². The van der Waals surface area contributed by atoms with E-state index in [0.29, 0.717) is 5.76 Å². The van der Waals surface area contributed by atoms with Crippen LogP contribution in [0.1, 0.15) is 41.9 Å². The minimum Gasteiger partial charge on any atom is -0.459 e. The fourth-order valence-corrected chi connectivity index (χ4v) is 4.21. The summed E-state index contributed by atoms with van der Waals surface area (Å²) in [5, 5.41) is 3.82. The standard InChI is InChI=1S/C20H20N2O4S/c1-13(19-12-14-5-2-3-8-18(14)26-19)21-20(23)15-6-4-7-17(11-15)27(24,25)22-16-9-10-16/h2-8,11-13,16,22H,9-10H2,1H3,(H,21,23). The van der Waals surface area contributed by atoms with Gasteiger partial charge in [0.2, 0.25) is 10.0 Å². The molecule has 3 aromatic rings. The minimum atomic E-state index is -3.60. The summed E-state index contributed by atoms with van der Waals surface area (Å²) in [6.07, 6.45) is 1.71. The number of benzene rings is 2. The molecule has 1 aliphatic rings. The Morgan fingerprint density at radius 1 is 1.11 bits per heavy atom. The van der Waals surface area contributed by atoms with Gasteiger partial charge in [0.05, 0.1) is 10.9 Å². The maximum Gasteiger partial charge on any atom is 0.251 e. The number of carbonyl (C=O) groups excluding carboxylic acids is 1. The molecule has 0 radical (unpaired) electrons. The summed E-state index contributed by atoms with van der Waals surface area (Å²) >= 11 is 0. The third-order valence-electron chi connectivity index (χ3n) is 4.52. The molecule has 1 aliphatic carbocycles. The van der Waals surface area contributed by atoms with Crippen molar-refractivity contribution in [3.05, 3.63) is 65.9 Å². The van der Waals surface area contributed by atoms with Crippen molar-refractivity contribution in [3.63, 3.8) is 0 Å². The molecule has 7 heteroatoms. The fraction of sp³-hybridized carbons (Fsp3) is 0.250. The minimum absolute atomic E-state index is 0.0144. The van der Waals surface area contributed by atoms with Crippen molar-refractivity contribution in [2.45, 2.75) is 36.7 Å². The van der Waals surface area contributed by atoms with Gasteiger partial charge in [-0.1, -0.05) is 24.3 Å². The van der Waals surface area contributed by atoms with Gasteiger partial charge in [-0.15, -0.1) is 0 Å². The highest BCUT2D eigenvalue weighted by molar-refractivity contribution is 7.89. The number of nitrogens with one attached hydrogen (secondary N) is 2. The number of rotatable bonds is 6. The van der Waals surface area contributed by atoms with Crippen LogP contribution in [0.5, 0.6) is 0 Å². The van der Waals surface area contributed by atoms with Crippen LogP contribution in [-0.2, 0) is 10.0 Å². The van der Waals surface area contributed by atoms with E-state index in [0.717, 1.165) is 23.8 Å². The maximum absolute atomic E-state index is 12.6. The van der Waals surface area contributed by atoms with Gasteiger partial charge in [0.25, 0.3) is 5.91 Å². The molecule has 140 valence electrons. The van der Waals surface area contributed by atoms with Gasteiger partial charge in [0.15, 0.2) is 0 Å². The number of amides is 1. The Hall–Kier alpha value is -2.64. The van der Waals surface area contributed by atoms with Gasteiger partial charge in [-0.05, 0) is 50.1 Å². The number of hydrogen-bond acceptors (Lipinski definition) is 4. The van der Waals surface area contributed by atoms with Gasteiger partial charge in [0, 0.05) is 17.0 Å². The van der Waals surface area contributed by atoms with Gasteiger partial charge in [-0.25, -0.2) is 13.1 Å². The molecule has 2 N–H and O–H groups in total. The summed E-state index contributed by atoms with van der Waals surface area (Å²) in [5.74, 6) is 0.287. The van der Waals surface area contributed by atoms with Gasteiger partial charge in [-0.2, -0.15) is 0 Å². The van der Waals surface area contributed by atoms with Crippen molar-refractivity contribution in [2.75, 3.05) is 0 Å². The van der Waals surface area contributed by atoms with Crippen LogP contribution in [0.2, 0.25) is 0 Å². The lowest BCUT2D eigenvalue weighted by Crippen LogP contribution is -2.28. The molecular weight excluding hydrogens is 364 g/mol. The molecule has 4 rings (SSSR count). The topological polar surface area (TPSA) is 88.4 Å². The predicted molar refractivity (Wildman–Crippen MR) is 102 cm³/mol. The zero-order chi connectivity index (χ0) is 19.0. The number of carbonyl (C=O) groups is 1. The molecule has 0 saturated heterocycles. The Kier molecular flexibility index (Phi) is 4.49. The average molecular weight is 384 g/mol. The molecule has 1 atom stereocenters. The van der Waals surface area contributed by atoms with E-state index in [2.05, 4.69) is 10.0 Å². The Labute approximate surface area is 157 Å². The van der Waals surface area contributed by atoms with Crippen molar-refractivity contribution in [2.24, 2.45) is 0 Å². The number of sulfonamides is 1. The normalized spacial score (nSPS) is 15.6. The quantitative estimate of drug-likeness (QED) is 0.682. The summed E-state index contributed by atoms with van der Waals surface area (Å²) < 4.78 is 33.1. The third-order valence-corrected chi connectivity index (χ3v) is 6.04. The molecule has 1 fully saturated rings. The molecule has 27 heavy (non-hydrogen) atoms. The highest BCUT2D eigenvalue weighted by Crippen LogP contribution is 2.25. The van der Waals surface area contributed by atoms with Crippen molar-refractivity contribution in [1.82, 2.24) is 10.0 Å². The van der Waals surface area contributed by atoms with E-state index in [1.807, 2.05) is 37.3 Å². The zero-order valence-corrected chi connectivity index (χ0v) is 15.6. The largest absolute Gasteiger partial charge is 0.459 e.